The molecule has 0 amide bonds. The lowest BCUT2D eigenvalue weighted by Gasteiger charge is -2.05. The predicted molar refractivity (Wildman–Crippen MR) is 141 cm³/mol. The van der Waals surface area contributed by atoms with Gasteiger partial charge < -0.3 is 5.11 Å². The summed E-state index contributed by atoms with van der Waals surface area (Å²) in [6.45, 7) is 3.97. The zero-order chi connectivity index (χ0) is 24.6. The molecular formula is C30H41NO3. The van der Waals surface area contributed by atoms with E-state index < -0.39 is 4.92 Å². The van der Waals surface area contributed by atoms with Crippen LogP contribution in [0.15, 0.2) is 36.4 Å². The number of phenolic OH excluding ortho intramolecular Hbond substituents is 1. The van der Waals surface area contributed by atoms with Crippen LogP contribution in [0.3, 0.4) is 0 Å². The fraction of sp³-hybridized carbons (Fsp3) is 0.533. The van der Waals surface area contributed by atoms with Gasteiger partial charge in [0.15, 0.2) is 0 Å². The number of aryl methyl sites for hydroxylation is 2. The standard InChI is InChI=1S/C30H41NO3/c1-3-4-5-6-7-8-9-10-11-12-13-14-15-16-26-19-21-28(30(32)24-26)22-20-27-18-17-25(2)29(23-27)31(33)34/h17-19,21,23-24,32H,3-16H2,1-2H3. The first-order valence-corrected chi connectivity index (χ1v) is 13.1. The van der Waals surface area contributed by atoms with Crippen LogP contribution in [0.2, 0.25) is 0 Å². The third-order valence-corrected chi connectivity index (χ3v) is 6.38. The Kier molecular flexibility index (Phi) is 12.9. The predicted octanol–water partition coefficient (Wildman–Crippen LogP) is 8.64. The van der Waals surface area contributed by atoms with Crippen molar-refractivity contribution >= 4 is 5.69 Å². The lowest BCUT2D eigenvalue weighted by Crippen LogP contribution is -1.92. The average Bonchev–Trinajstić information content (AvgIpc) is 2.82. The first-order chi connectivity index (χ1) is 16.5. The minimum Gasteiger partial charge on any atom is -0.507 e. The quantitative estimate of drug-likeness (QED) is 0.124. The highest BCUT2D eigenvalue weighted by Gasteiger charge is 2.10. The molecule has 0 aliphatic carbocycles. The summed E-state index contributed by atoms with van der Waals surface area (Å²) < 4.78 is 0. The molecule has 4 heteroatoms. The van der Waals surface area contributed by atoms with Gasteiger partial charge in [0.25, 0.3) is 5.69 Å². The van der Waals surface area contributed by atoms with Crippen molar-refractivity contribution in [3.05, 3.63) is 68.8 Å². The second-order valence-corrected chi connectivity index (χ2v) is 9.35. The SMILES string of the molecule is CCCCCCCCCCCCCCCc1ccc(C#Cc2ccc(C)c([N+](=O)[O-])c2)c(O)c1. The maximum atomic E-state index is 11.1. The van der Waals surface area contributed by atoms with E-state index in [1.165, 1.54) is 83.1 Å². The van der Waals surface area contributed by atoms with Crippen molar-refractivity contribution in [2.75, 3.05) is 0 Å². The fourth-order valence-electron chi connectivity index (χ4n) is 4.21. The number of benzene rings is 2. The van der Waals surface area contributed by atoms with Gasteiger partial charge in [-0.3, -0.25) is 10.1 Å². The van der Waals surface area contributed by atoms with Gasteiger partial charge in [0, 0.05) is 17.2 Å². The first-order valence-electron chi connectivity index (χ1n) is 13.1. The molecule has 2 rings (SSSR count). The summed E-state index contributed by atoms with van der Waals surface area (Å²) in [6, 6.07) is 10.6. The van der Waals surface area contributed by atoms with Crippen molar-refractivity contribution in [2.24, 2.45) is 0 Å². The van der Waals surface area contributed by atoms with Gasteiger partial charge in [-0.05, 0) is 43.5 Å². The van der Waals surface area contributed by atoms with E-state index in [2.05, 4.69) is 18.8 Å². The average molecular weight is 464 g/mol. The van der Waals surface area contributed by atoms with Gasteiger partial charge in [-0.15, -0.1) is 0 Å². The maximum Gasteiger partial charge on any atom is 0.273 e. The Hall–Kier alpha value is -2.80. The molecular weight excluding hydrogens is 422 g/mol. The van der Waals surface area contributed by atoms with E-state index in [0.717, 1.165) is 18.4 Å². The number of phenols is 1. The van der Waals surface area contributed by atoms with Crippen molar-refractivity contribution < 1.29 is 10.0 Å². The minimum absolute atomic E-state index is 0.0594. The van der Waals surface area contributed by atoms with E-state index in [4.69, 9.17) is 0 Å². The van der Waals surface area contributed by atoms with E-state index in [1.807, 2.05) is 12.1 Å². The topological polar surface area (TPSA) is 63.4 Å². The Balaban J connectivity index is 1.65. The smallest absolute Gasteiger partial charge is 0.273 e. The van der Waals surface area contributed by atoms with E-state index >= 15 is 0 Å². The van der Waals surface area contributed by atoms with Gasteiger partial charge in [0.1, 0.15) is 5.75 Å². The highest BCUT2D eigenvalue weighted by Crippen LogP contribution is 2.22. The molecule has 0 fully saturated rings. The lowest BCUT2D eigenvalue weighted by atomic mass is 10.0. The number of nitro benzene ring substituents is 1. The third kappa shape index (κ3) is 10.4. The van der Waals surface area contributed by atoms with Crippen LogP contribution in [0, 0.1) is 28.9 Å². The summed E-state index contributed by atoms with van der Waals surface area (Å²) in [5, 5.41) is 21.4. The van der Waals surface area contributed by atoms with Crippen LogP contribution in [-0.2, 0) is 6.42 Å². The summed E-state index contributed by atoms with van der Waals surface area (Å²) in [5.74, 6) is 6.03. The van der Waals surface area contributed by atoms with Gasteiger partial charge >= 0.3 is 0 Å². The lowest BCUT2D eigenvalue weighted by molar-refractivity contribution is -0.385. The molecule has 0 saturated heterocycles. The van der Waals surface area contributed by atoms with Crippen LogP contribution in [0.1, 0.15) is 113 Å². The Morgan fingerprint density at radius 3 is 1.94 bits per heavy atom. The molecule has 0 heterocycles. The zero-order valence-electron chi connectivity index (χ0n) is 21.1. The largest absolute Gasteiger partial charge is 0.507 e. The highest BCUT2D eigenvalue weighted by molar-refractivity contribution is 5.53. The number of hydrogen-bond donors (Lipinski definition) is 1. The van der Waals surface area contributed by atoms with Crippen LogP contribution in [-0.4, -0.2) is 10.0 Å². The molecule has 4 nitrogen and oxygen atoms in total. The van der Waals surface area contributed by atoms with Crippen LogP contribution in [0.4, 0.5) is 5.69 Å². The number of rotatable bonds is 15. The number of nitro groups is 1. The Bertz CT molecular complexity index is 955. The second kappa shape index (κ2) is 15.9. The summed E-state index contributed by atoms with van der Waals surface area (Å²) >= 11 is 0. The maximum absolute atomic E-state index is 11.1. The van der Waals surface area contributed by atoms with E-state index in [0.29, 0.717) is 16.7 Å². The Morgan fingerprint density at radius 1 is 0.794 bits per heavy atom. The number of aromatic hydroxyl groups is 1. The molecule has 0 aromatic heterocycles. The van der Waals surface area contributed by atoms with Crippen LogP contribution < -0.4 is 0 Å². The molecule has 0 aliphatic rings. The molecule has 184 valence electrons. The monoisotopic (exact) mass is 463 g/mol. The summed E-state index contributed by atoms with van der Waals surface area (Å²) in [7, 11) is 0. The van der Waals surface area contributed by atoms with Gasteiger partial charge in [0.2, 0.25) is 0 Å². The Morgan fingerprint density at radius 2 is 1.38 bits per heavy atom. The van der Waals surface area contributed by atoms with Crippen molar-refractivity contribution in [2.45, 2.75) is 104 Å². The molecule has 0 spiro atoms. The molecule has 0 saturated carbocycles. The van der Waals surface area contributed by atoms with Crippen LogP contribution >= 0.6 is 0 Å². The van der Waals surface area contributed by atoms with Gasteiger partial charge in [-0.1, -0.05) is 108 Å². The van der Waals surface area contributed by atoms with Crippen molar-refractivity contribution in [1.82, 2.24) is 0 Å². The number of nitrogens with zero attached hydrogens (tertiary/aromatic N) is 1. The second-order valence-electron chi connectivity index (χ2n) is 9.35. The number of unbranched alkanes of at least 4 members (excludes halogenated alkanes) is 12. The van der Waals surface area contributed by atoms with Crippen LogP contribution in [0.5, 0.6) is 5.75 Å². The normalized spacial score (nSPS) is 10.6. The van der Waals surface area contributed by atoms with Crippen molar-refractivity contribution in [1.29, 1.82) is 0 Å². The van der Waals surface area contributed by atoms with E-state index in [9.17, 15) is 15.2 Å². The van der Waals surface area contributed by atoms with Gasteiger partial charge in [0.05, 0.1) is 10.5 Å². The van der Waals surface area contributed by atoms with Gasteiger partial charge in [-0.25, -0.2) is 0 Å². The molecule has 34 heavy (non-hydrogen) atoms. The minimum atomic E-state index is -0.400. The molecule has 2 aromatic carbocycles. The first kappa shape index (κ1) is 27.4. The highest BCUT2D eigenvalue weighted by atomic mass is 16.6. The molecule has 2 aromatic rings. The molecule has 0 unspecified atom stereocenters. The van der Waals surface area contributed by atoms with Crippen molar-refractivity contribution in [3.8, 4) is 17.6 Å². The molecule has 1 N–H and O–H groups in total. The van der Waals surface area contributed by atoms with E-state index in [1.54, 1.807) is 25.1 Å². The van der Waals surface area contributed by atoms with Crippen LogP contribution in [0.25, 0.3) is 0 Å². The molecule has 0 atom stereocenters. The summed E-state index contributed by atoms with van der Waals surface area (Å²) in [6.07, 6.45) is 18.4. The summed E-state index contributed by atoms with van der Waals surface area (Å²) in [4.78, 5) is 10.7. The molecule has 0 radical (unpaired) electrons. The third-order valence-electron chi connectivity index (χ3n) is 6.38. The molecule has 0 bridgehead atoms. The summed E-state index contributed by atoms with van der Waals surface area (Å²) in [5.41, 5.74) is 2.89. The van der Waals surface area contributed by atoms with Crippen molar-refractivity contribution in [3.63, 3.8) is 0 Å². The fourth-order valence-corrected chi connectivity index (χ4v) is 4.21. The van der Waals surface area contributed by atoms with E-state index in [-0.39, 0.29) is 11.4 Å². The Labute approximate surface area is 206 Å². The molecule has 0 aliphatic heterocycles. The van der Waals surface area contributed by atoms with Gasteiger partial charge in [-0.2, -0.15) is 0 Å². The number of hydrogen-bond acceptors (Lipinski definition) is 3. The zero-order valence-corrected chi connectivity index (χ0v) is 21.1.